The monoisotopic (exact) mass is 385 g/mol. The largest absolute Gasteiger partial charge is 0.393 e. The van der Waals surface area contributed by atoms with E-state index in [1.54, 1.807) is 6.07 Å². The molecular weight excluding hydrogens is 357 g/mol. The Kier molecular flexibility index (Phi) is 5.39. The predicted molar refractivity (Wildman–Crippen MR) is 103 cm³/mol. The van der Waals surface area contributed by atoms with Crippen LogP contribution in [0, 0.1) is 23.1 Å². The van der Waals surface area contributed by atoms with Crippen molar-refractivity contribution in [2.24, 2.45) is 5.92 Å². The summed E-state index contributed by atoms with van der Waals surface area (Å²) in [5, 5.41) is 18.9. The number of halogens is 1. The molecule has 2 aliphatic heterocycles. The standard InChI is InChI=1S/C22H28FN3O2/c23-19-4-3-16(18(11-19)14-24)15-26-9-2-6-22(26)5-1-8-25(10-7-22)21(28)17-12-20(27)13-17/h3-4,11,17,20,27H,1-2,5-10,12-13,15H2. The number of rotatable bonds is 3. The number of carbonyl (C=O) groups excluding carboxylic acids is 1. The second-order valence-electron chi connectivity index (χ2n) is 8.66. The second-order valence-corrected chi connectivity index (χ2v) is 8.66. The van der Waals surface area contributed by atoms with Gasteiger partial charge in [-0.3, -0.25) is 9.69 Å². The van der Waals surface area contributed by atoms with Gasteiger partial charge in [0.05, 0.1) is 17.7 Å². The average molecular weight is 385 g/mol. The Labute approximate surface area is 165 Å². The molecule has 4 rings (SSSR count). The first-order valence-corrected chi connectivity index (χ1v) is 10.4. The van der Waals surface area contributed by atoms with Crippen molar-refractivity contribution < 1.29 is 14.3 Å². The minimum Gasteiger partial charge on any atom is -0.393 e. The van der Waals surface area contributed by atoms with Crippen LogP contribution in [-0.4, -0.2) is 52.1 Å². The summed E-state index contributed by atoms with van der Waals surface area (Å²) in [5.41, 5.74) is 1.36. The highest BCUT2D eigenvalue weighted by Crippen LogP contribution is 2.40. The molecule has 2 heterocycles. The van der Waals surface area contributed by atoms with E-state index in [1.165, 1.54) is 12.1 Å². The van der Waals surface area contributed by atoms with Crippen molar-refractivity contribution in [3.63, 3.8) is 0 Å². The van der Waals surface area contributed by atoms with Crippen LogP contribution < -0.4 is 0 Å². The van der Waals surface area contributed by atoms with Crippen LogP contribution in [0.25, 0.3) is 0 Å². The highest BCUT2D eigenvalue weighted by atomic mass is 19.1. The summed E-state index contributed by atoms with van der Waals surface area (Å²) in [5.74, 6) is -0.167. The summed E-state index contributed by atoms with van der Waals surface area (Å²) < 4.78 is 13.5. The lowest BCUT2D eigenvalue weighted by molar-refractivity contribution is -0.142. The number of likely N-dealkylation sites (tertiary alicyclic amines) is 2. The second kappa shape index (κ2) is 7.81. The molecule has 5 nitrogen and oxygen atoms in total. The highest BCUT2D eigenvalue weighted by molar-refractivity contribution is 5.79. The minimum atomic E-state index is -0.374. The molecule has 1 aromatic rings. The van der Waals surface area contributed by atoms with Crippen LogP contribution in [0.3, 0.4) is 0 Å². The number of amides is 1. The molecule has 0 bridgehead atoms. The maximum absolute atomic E-state index is 13.5. The molecule has 2 saturated heterocycles. The van der Waals surface area contributed by atoms with Crippen LogP contribution in [0.15, 0.2) is 18.2 Å². The zero-order valence-electron chi connectivity index (χ0n) is 16.2. The Bertz CT molecular complexity index is 786. The van der Waals surface area contributed by atoms with Crippen molar-refractivity contribution in [1.82, 2.24) is 9.80 Å². The summed E-state index contributed by atoms with van der Waals surface area (Å²) in [6, 6.07) is 6.60. The van der Waals surface area contributed by atoms with Crippen molar-refractivity contribution in [3.05, 3.63) is 35.1 Å². The van der Waals surface area contributed by atoms with Crippen molar-refractivity contribution in [1.29, 1.82) is 5.26 Å². The summed E-state index contributed by atoms with van der Waals surface area (Å²) in [6.07, 6.45) is 6.10. The van der Waals surface area contributed by atoms with E-state index in [4.69, 9.17) is 0 Å². The lowest BCUT2D eigenvalue weighted by Gasteiger charge is -2.39. The summed E-state index contributed by atoms with van der Waals surface area (Å²) >= 11 is 0. The molecule has 1 aliphatic carbocycles. The molecule has 1 saturated carbocycles. The fraction of sp³-hybridized carbons (Fsp3) is 0.636. The number of carbonyl (C=O) groups is 1. The van der Waals surface area contributed by atoms with Crippen LogP contribution in [0.4, 0.5) is 4.39 Å². The fourth-order valence-electron chi connectivity index (χ4n) is 5.25. The van der Waals surface area contributed by atoms with Crippen molar-refractivity contribution >= 4 is 5.91 Å². The summed E-state index contributed by atoms with van der Waals surface area (Å²) in [7, 11) is 0. The third-order valence-corrected chi connectivity index (χ3v) is 6.99. The average Bonchev–Trinajstić information content (AvgIpc) is 2.91. The van der Waals surface area contributed by atoms with E-state index in [2.05, 4.69) is 11.0 Å². The van der Waals surface area contributed by atoms with Gasteiger partial charge in [0.25, 0.3) is 0 Å². The minimum absolute atomic E-state index is 0.00105. The first-order chi connectivity index (χ1) is 13.5. The molecule has 1 atom stereocenters. The van der Waals surface area contributed by atoms with Gasteiger partial charge in [-0.1, -0.05) is 6.07 Å². The van der Waals surface area contributed by atoms with Gasteiger partial charge in [-0.2, -0.15) is 5.26 Å². The van der Waals surface area contributed by atoms with Gasteiger partial charge >= 0.3 is 0 Å². The van der Waals surface area contributed by atoms with Gasteiger partial charge in [0.2, 0.25) is 5.91 Å². The van der Waals surface area contributed by atoms with Crippen LogP contribution >= 0.6 is 0 Å². The molecule has 6 heteroatoms. The first-order valence-electron chi connectivity index (χ1n) is 10.4. The van der Waals surface area contributed by atoms with Crippen molar-refractivity contribution in [3.8, 4) is 6.07 Å². The van der Waals surface area contributed by atoms with Gasteiger partial charge in [0, 0.05) is 31.1 Å². The molecule has 3 aliphatic rings. The van der Waals surface area contributed by atoms with E-state index < -0.39 is 0 Å². The van der Waals surface area contributed by atoms with E-state index in [0.29, 0.717) is 24.9 Å². The Morgan fingerprint density at radius 1 is 1.21 bits per heavy atom. The zero-order chi connectivity index (χ0) is 19.7. The Morgan fingerprint density at radius 3 is 2.68 bits per heavy atom. The third kappa shape index (κ3) is 3.66. The molecule has 0 radical (unpaired) electrons. The first kappa shape index (κ1) is 19.4. The number of nitriles is 1. The topological polar surface area (TPSA) is 67.6 Å². The maximum atomic E-state index is 13.5. The Morgan fingerprint density at radius 2 is 1.96 bits per heavy atom. The van der Waals surface area contributed by atoms with E-state index >= 15 is 0 Å². The number of hydrogen-bond acceptors (Lipinski definition) is 4. The van der Waals surface area contributed by atoms with Gasteiger partial charge in [-0.15, -0.1) is 0 Å². The smallest absolute Gasteiger partial charge is 0.225 e. The van der Waals surface area contributed by atoms with Crippen molar-refractivity contribution in [2.75, 3.05) is 19.6 Å². The van der Waals surface area contributed by atoms with Gasteiger partial charge in [0.1, 0.15) is 5.82 Å². The quantitative estimate of drug-likeness (QED) is 0.869. The SMILES string of the molecule is N#Cc1cc(F)ccc1CN1CCCC12CCCN(C(=O)C1CC(O)C1)CC2. The molecule has 1 spiro atoms. The van der Waals surface area contributed by atoms with Gasteiger partial charge in [-0.05, 0) is 69.2 Å². The number of nitrogens with zero attached hydrogens (tertiary/aromatic N) is 3. The summed E-state index contributed by atoms with van der Waals surface area (Å²) in [4.78, 5) is 17.2. The summed E-state index contributed by atoms with van der Waals surface area (Å²) in [6.45, 7) is 3.19. The third-order valence-electron chi connectivity index (χ3n) is 6.99. The van der Waals surface area contributed by atoms with Crippen LogP contribution in [-0.2, 0) is 11.3 Å². The number of aliphatic hydroxyl groups is 1. The van der Waals surface area contributed by atoms with Crippen LogP contribution in [0.5, 0.6) is 0 Å². The Balaban J connectivity index is 1.45. The van der Waals surface area contributed by atoms with Crippen molar-refractivity contribution in [2.45, 2.75) is 63.1 Å². The number of aliphatic hydroxyl groups excluding tert-OH is 1. The molecular formula is C22H28FN3O2. The van der Waals surface area contributed by atoms with Gasteiger partial charge < -0.3 is 10.0 Å². The van der Waals surface area contributed by atoms with E-state index in [-0.39, 0.29) is 29.3 Å². The highest BCUT2D eigenvalue weighted by Gasteiger charge is 2.43. The van der Waals surface area contributed by atoms with Gasteiger partial charge in [0.15, 0.2) is 0 Å². The molecule has 1 aromatic carbocycles. The van der Waals surface area contributed by atoms with E-state index in [0.717, 1.165) is 57.3 Å². The molecule has 0 aromatic heterocycles. The molecule has 150 valence electrons. The maximum Gasteiger partial charge on any atom is 0.225 e. The molecule has 3 fully saturated rings. The normalized spacial score (nSPS) is 30.7. The zero-order valence-corrected chi connectivity index (χ0v) is 16.2. The van der Waals surface area contributed by atoms with Gasteiger partial charge in [-0.25, -0.2) is 4.39 Å². The number of hydrogen-bond donors (Lipinski definition) is 1. The number of benzene rings is 1. The van der Waals surface area contributed by atoms with Crippen LogP contribution in [0.1, 0.15) is 56.1 Å². The molecule has 1 unspecified atom stereocenters. The predicted octanol–water partition coefficient (Wildman–Crippen LogP) is 2.82. The Hall–Kier alpha value is -1.97. The fourth-order valence-corrected chi connectivity index (χ4v) is 5.25. The molecule has 1 N–H and O–H groups in total. The van der Waals surface area contributed by atoms with E-state index in [1.807, 2.05) is 4.90 Å². The molecule has 1 amide bonds. The molecule has 28 heavy (non-hydrogen) atoms. The van der Waals surface area contributed by atoms with E-state index in [9.17, 15) is 19.6 Å². The lowest BCUT2D eigenvalue weighted by Crippen LogP contribution is -2.46. The van der Waals surface area contributed by atoms with Crippen LogP contribution in [0.2, 0.25) is 0 Å². The lowest BCUT2D eigenvalue weighted by atomic mass is 9.81.